The van der Waals surface area contributed by atoms with Gasteiger partial charge >= 0.3 is 0 Å². The summed E-state index contributed by atoms with van der Waals surface area (Å²) in [6.45, 7) is 2.00. The first kappa shape index (κ1) is 14.1. The quantitative estimate of drug-likeness (QED) is 0.645. The van der Waals surface area contributed by atoms with Crippen LogP contribution in [0.5, 0.6) is 0 Å². The molecule has 4 heteroatoms. The minimum Gasteiger partial charge on any atom is -0.361 e. The SMILES string of the molecule is Cc1cc(I)ccc1NC(=O)Cc1c[nH]c2ccccc12. The Kier molecular flexibility index (Phi) is 3.96. The average molecular weight is 390 g/mol. The maximum Gasteiger partial charge on any atom is 0.228 e. The van der Waals surface area contributed by atoms with Crippen molar-refractivity contribution in [2.75, 3.05) is 5.32 Å². The number of carbonyl (C=O) groups excluding carboxylic acids is 1. The number of aromatic nitrogens is 1. The van der Waals surface area contributed by atoms with Gasteiger partial charge < -0.3 is 10.3 Å². The van der Waals surface area contributed by atoms with E-state index in [2.05, 4.69) is 39.0 Å². The second-order valence-corrected chi connectivity index (χ2v) is 6.29. The van der Waals surface area contributed by atoms with Crippen LogP contribution in [0.3, 0.4) is 0 Å². The molecule has 1 amide bonds. The second kappa shape index (κ2) is 5.89. The number of benzene rings is 2. The molecule has 0 aliphatic carbocycles. The van der Waals surface area contributed by atoms with Crippen LogP contribution < -0.4 is 5.32 Å². The van der Waals surface area contributed by atoms with Crippen molar-refractivity contribution in [1.82, 2.24) is 4.98 Å². The number of carbonyl (C=O) groups is 1. The molecule has 2 aromatic carbocycles. The normalized spacial score (nSPS) is 10.8. The first-order valence-electron chi connectivity index (χ1n) is 6.74. The van der Waals surface area contributed by atoms with E-state index in [-0.39, 0.29) is 5.91 Å². The molecule has 0 radical (unpaired) electrons. The molecule has 2 N–H and O–H groups in total. The molecule has 106 valence electrons. The first-order chi connectivity index (χ1) is 10.1. The highest BCUT2D eigenvalue weighted by molar-refractivity contribution is 14.1. The number of fused-ring (bicyclic) bond motifs is 1. The fraction of sp³-hybridized carbons (Fsp3) is 0.118. The summed E-state index contributed by atoms with van der Waals surface area (Å²) in [5, 5.41) is 4.09. The lowest BCUT2D eigenvalue weighted by molar-refractivity contribution is -0.115. The maximum atomic E-state index is 12.2. The van der Waals surface area contributed by atoms with Crippen LogP contribution in [0.4, 0.5) is 5.69 Å². The zero-order chi connectivity index (χ0) is 14.8. The van der Waals surface area contributed by atoms with Crippen LogP contribution in [0.25, 0.3) is 10.9 Å². The molecular formula is C17H15IN2O. The third-order valence-corrected chi connectivity index (χ3v) is 4.16. The minimum absolute atomic E-state index is 0.00376. The number of amides is 1. The van der Waals surface area contributed by atoms with Crippen molar-refractivity contribution >= 4 is 45.1 Å². The number of hydrogen-bond donors (Lipinski definition) is 2. The highest BCUT2D eigenvalue weighted by Crippen LogP contribution is 2.20. The summed E-state index contributed by atoms with van der Waals surface area (Å²) in [6.07, 6.45) is 2.28. The van der Waals surface area contributed by atoms with Crippen LogP contribution in [0, 0.1) is 10.5 Å². The van der Waals surface area contributed by atoms with Gasteiger partial charge in [-0.2, -0.15) is 0 Å². The number of rotatable bonds is 3. The Labute approximate surface area is 136 Å². The Morgan fingerprint density at radius 3 is 2.86 bits per heavy atom. The van der Waals surface area contributed by atoms with Gasteiger partial charge in [0, 0.05) is 26.4 Å². The maximum absolute atomic E-state index is 12.2. The molecule has 3 rings (SSSR count). The summed E-state index contributed by atoms with van der Waals surface area (Å²) >= 11 is 2.27. The van der Waals surface area contributed by atoms with E-state index in [1.165, 1.54) is 3.57 Å². The molecule has 0 unspecified atom stereocenters. The van der Waals surface area contributed by atoms with Crippen LogP contribution in [-0.2, 0) is 11.2 Å². The topological polar surface area (TPSA) is 44.9 Å². The largest absolute Gasteiger partial charge is 0.361 e. The molecule has 1 heterocycles. The second-order valence-electron chi connectivity index (χ2n) is 5.04. The zero-order valence-electron chi connectivity index (χ0n) is 11.6. The molecule has 0 aliphatic rings. The molecule has 3 nitrogen and oxygen atoms in total. The summed E-state index contributed by atoms with van der Waals surface area (Å²) < 4.78 is 1.17. The van der Waals surface area contributed by atoms with Crippen LogP contribution in [-0.4, -0.2) is 10.9 Å². The van der Waals surface area contributed by atoms with E-state index in [9.17, 15) is 4.79 Å². The third kappa shape index (κ3) is 3.10. The number of anilines is 1. The number of hydrogen-bond acceptors (Lipinski definition) is 1. The number of H-pyrrole nitrogens is 1. The standard InChI is InChI=1S/C17H15IN2O/c1-11-8-13(18)6-7-15(11)20-17(21)9-12-10-19-16-5-3-2-4-14(12)16/h2-8,10,19H,9H2,1H3,(H,20,21). The fourth-order valence-electron chi connectivity index (χ4n) is 2.41. The van der Waals surface area contributed by atoms with Crippen molar-refractivity contribution in [1.29, 1.82) is 0 Å². The molecule has 0 aliphatic heterocycles. The van der Waals surface area contributed by atoms with Gasteiger partial charge in [-0.1, -0.05) is 18.2 Å². The monoisotopic (exact) mass is 390 g/mol. The molecule has 3 aromatic rings. The predicted octanol–water partition coefficient (Wildman–Crippen LogP) is 4.26. The fourth-order valence-corrected chi connectivity index (χ4v) is 3.06. The molecule has 0 bridgehead atoms. The molecule has 21 heavy (non-hydrogen) atoms. The van der Waals surface area contributed by atoms with Crippen molar-refractivity contribution in [3.05, 3.63) is 63.4 Å². The number of aryl methyl sites for hydroxylation is 1. The van der Waals surface area contributed by atoms with Crippen molar-refractivity contribution in [2.45, 2.75) is 13.3 Å². The van der Waals surface area contributed by atoms with E-state index in [4.69, 9.17) is 0 Å². The number of para-hydroxylation sites is 1. The van der Waals surface area contributed by atoms with Crippen molar-refractivity contribution < 1.29 is 4.79 Å². The predicted molar refractivity (Wildman–Crippen MR) is 94.5 cm³/mol. The van der Waals surface area contributed by atoms with E-state index in [1.807, 2.05) is 49.5 Å². The van der Waals surface area contributed by atoms with E-state index < -0.39 is 0 Å². The summed E-state index contributed by atoms with van der Waals surface area (Å²) in [5.41, 5.74) is 4.03. The molecule has 0 spiro atoms. The minimum atomic E-state index is 0.00376. The first-order valence-corrected chi connectivity index (χ1v) is 7.82. The molecule has 0 saturated carbocycles. The highest BCUT2D eigenvalue weighted by Gasteiger charge is 2.09. The lowest BCUT2D eigenvalue weighted by Crippen LogP contribution is -2.15. The van der Waals surface area contributed by atoms with Crippen LogP contribution in [0.2, 0.25) is 0 Å². The van der Waals surface area contributed by atoms with Gasteiger partial charge in [0.2, 0.25) is 5.91 Å². The van der Waals surface area contributed by atoms with Crippen LogP contribution >= 0.6 is 22.6 Å². The molecule has 1 aromatic heterocycles. The van der Waals surface area contributed by atoms with Gasteiger partial charge in [-0.05, 0) is 64.9 Å². The van der Waals surface area contributed by atoms with Gasteiger partial charge in [-0.3, -0.25) is 4.79 Å². The Bertz CT molecular complexity index is 807. The van der Waals surface area contributed by atoms with E-state index in [0.29, 0.717) is 6.42 Å². The van der Waals surface area contributed by atoms with E-state index in [1.54, 1.807) is 0 Å². The van der Waals surface area contributed by atoms with Crippen molar-refractivity contribution in [3.63, 3.8) is 0 Å². The highest BCUT2D eigenvalue weighted by atomic mass is 127. The summed E-state index contributed by atoms with van der Waals surface area (Å²) in [6, 6.07) is 14.0. The lowest BCUT2D eigenvalue weighted by Gasteiger charge is -2.08. The van der Waals surface area contributed by atoms with Crippen LogP contribution in [0.15, 0.2) is 48.7 Å². The Morgan fingerprint density at radius 2 is 2.05 bits per heavy atom. The zero-order valence-corrected chi connectivity index (χ0v) is 13.8. The van der Waals surface area contributed by atoms with Gasteiger partial charge in [0.1, 0.15) is 0 Å². The number of aromatic amines is 1. The van der Waals surface area contributed by atoms with Gasteiger partial charge in [0.15, 0.2) is 0 Å². The Hall–Kier alpha value is -1.82. The molecule has 0 fully saturated rings. The van der Waals surface area contributed by atoms with Gasteiger partial charge in [0.05, 0.1) is 6.42 Å². The summed E-state index contributed by atoms with van der Waals surface area (Å²) in [7, 11) is 0. The van der Waals surface area contributed by atoms with Gasteiger partial charge in [0.25, 0.3) is 0 Å². The number of nitrogens with one attached hydrogen (secondary N) is 2. The molecule has 0 saturated heterocycles. The van der Waals surface area contributed by atoms with Crippen molar-refractivity contribution in [2.24, 2.45) is 0 Å². The Balaban J connectivity index is 1.77. The summed E-state index contributed by atoms with van der Waals surface area (Å²) in [5.74, 6) is 0.00376. The van der Waals surface area contributed by atoms with Crippen molar-refractivity contribution in [3.8, 4) is 0 Å². The smallest absolute Gasteiger partial charge is 0.228 e. The van der Waals surface area contributed by atoms with Gasteiger partial charge in [-0.15, -0.1) is 0 Å². The van der Waals surface area contributed by atoms with E-state index in [0.717, 1.165) is 27.7 Å². The molecule has 0 atom stereocenters. The Morgan fingerprint density at radius 1 is 1.24 bits per heavy atom. The lowest BCUT2D eigenvalue weighted by atomic mass is 10.1. The molecular weight excluding hydrogens is 375 g/mol. The summed E-state index contributed by atoms with van der Waals surface area (Å²) in [4.78, 5) is 15.4. The third-order valence-electron chi connectivity index (χ3n) is 3.49. The number of halogens is 1. The van der Waals surface area contributed by atoms with E-state index >= 15 is 0 Å². The van der Waals surface area contributed by atoms with Gasteiger partial charge in [-0.25, -0.2) is 0 Å². The average Bonchev–Trinajstić information content (AvgIpc) is 2.85. The van der Waals surface area contributed by atoms with Crippen LogP contribution in [0.1, 0.15) is 11.1 Å².